The third kappa shape index (κ3) is 6.28. The van der Waals surface area contributed by atoms with Crippen LogP contribution in [0.1, 0.15) is 0 Å². The molecule has 0 fully saturated rings. The van der Waals surface area contributed by atoms with Gasteiger partial charge in [-0.15, -0.1) is 0 Å². The first-order valence-corrected chi connectivity index (χ1v) is 10.4. The van der Waals surface area contributed by atoms with Crippen LogP contribution in [0.3, 0.4) is 0 Å². The first-order chi connectivity index (χ1) is 13.2. The number of anilines is 1. The minimum Gasteiger partial charge on any atom is -0.497 e. The Balaban J connectivity index is 1.92. The van der Waals surface area contributed by atoms with Gasteiger partial charge in [0.15, 0.2) is 0 Å². The number of nitrogens with one attached hydrogen (secondary N) is 1. The lowest BCUT2D eigenvalue weighted by atomic mass is 10.3. The molecule has 10 heteroatoms. The van der Waals surface area contributed by atoms with Crippen LogP contribution in [-0.4, -0.2) is 47.4 Å². The van der Waals surface area contributed by atoms with Crippen molar-refractivity contribution in [1.82, 2.24) is 5.32 Å². The second-order valence-corrected chi connectivity index (χ2v) is 8.06. The van der Waals surface area contributed by atoms with Crippen molar-refractivity contribution in [3.05, 3.63) is 53.3 Å². The third-order valence-corrected chi connectivity index (χ3v) is 5.04. The molecule has 0 aliphatic carbocycles. The van der Waals surface area contributed by atoms with Gasteiger partial charge in [-0.3, -0.25) is 9.10 Å². The number of ether oxygens (including phenoxy) is 2. The van der Waals surface area contributed by atoms with Crippen LogP contribution < -0.4 is 19.1 Å². The number of sulfonamides is 1. The number of carbonyl (C=O) groups excluding carboxylic acids is 1. The largest absolute Gasteiger partial charge is 0.497 e. The summed E-state index contributed by atoms with van der Waals surface area (Å²) in [5.41, 5.74) is 0.0941. The molecule has 152 valence electrons. The molecule has 1 N–H and O–H groups in total. The molecule has 0 atom stereocenters. The van der Waals surface area contributed by atoms with Crippen LogP contribution >= 0.6 is 11.6 Å². The van der Waals surface area contributed by atoms with Gasteiger partial charge in [0.05, 0.1) is 30.6 Å². The van der Waals surface area contributed by atoms with E-state index in [4.69, 9.17) is 21.1 Å². The number of amides is 1. The Kier molecular flexibility index (Phi) is 7.47. The predicted octanol–water partition coefficient (Wildman–Crippen LogP) is 2.45. The number of carbonyl (C=O) groups is 1. The van der Waals surface area contributed by atoms with Crippen LogP contribution in [0, 0.1) is 5.82 Å². The summed E-state index contributed by atoms with van der Waals surface area (Å²) in [6.07, 6.45) is 0.948. The molecular formula is C18H20ClFN2O5S. The zero-order valence-electron chi connectivity index (χ0n) is 15.3. The average molecular weight is 431 g/mol. The van der Waals surface area contributed by atoms with Gasteiger partial charge < -0.3 is 14.8 Å². The summed E-state index contributed by atoms with van der Waals surface area (Å²) in [6.45, 7) is -0.127. The summed E-state index contributed by atoms with van der Waals surface area (Å²) < 4.78 is 48.8. The highest BCUT2D eigenvalue weighted by atomic mass is 35.5. The van der Waals surface area contributed by atoms with Crippen molar-refractivity contribution in [3.8, 4) is 11.5 Å². The summed E-state index contributed by atoms with van der Waals surface area (Å²) >= 11 is 5.70. The molecule has 0 unspecified atom stereocenters. The van der Waals surface area contributed by atoms with Crippen molar-refractivity contribution in [2.45, 2.75) is 0 Å². The molecule has 0 saturated carbocycles. The zero-order chi connectivity index (χ0) is 20.7. The molecule has 0 aliphatic rings. The summed E-state index contributed by atoms with van der Waals surface area (Å²) in [7, 11) is -2.23. The second-order valence-electron chi connectivity index (χ2n) is 5.75. The molecule has 0 aliphatic heterocycles. The minimum absolute atomic E-state index is 0.0941. The van der Waals surface area contributed by atoms with E-state index in [0.29, 0.717) is 11.5 Å². The highest BCUT2D eigenvalue weighted by molar-refractivity contribution is 7.92. The maximum Gasteiger partial charge on any atom is 0.240 e. The molecule has 2 aromatic carbocycles. The van der Waals surface area contributed by atoms with Gasteiger partial charge in [0.1, 0.15) is 30.5 Å². The number of hydrogen-bond acceptors (Lipinski definition) is 5. The quantitative estimate of drug-likeness (QED) is 0.618. The highest BCUT2D eigenvalue weighted by Gasteiger charge is 2.21. The van der Waals surface area contributed by atoms with E-state index in [1.807, 2.05) is 0 Å². The summed E-state index contributed by atoms with van der Waals surface area (Å²) in [5.74, 6) is -0.00581. The molecule has 28 heavy (non-hydrogen) atoms. The standard InChI is InChI=1S/C18H20ClFN2O5S/c1-26-14-4-3-5-15(11-14)27-9-8-21-18(23)12-22(28(2,24)25)13-6-7-17(20)16(19)10-13/h3-7,10-11H,8-9,12H2,1-2H3,(H,21,23). The van der Waals surface area contributed by atoms with E-state index in [9.17, 15) is 17.6 Å². The summed E-state index contributed by atoms with van der Waals surface area (Å²) in [6, 6.07) is 10.4. The third-order valence-electron chi connectivity index (χ3n) is 3.61. The Morgan fingerprint density at radius 2 is 1.93 bits per heavy atom. The predicted molar refractivity (Wildman–Crippen MR) is 105 cm³/mol. The van der Waals surface area contributed by atoms with Crippen LogP contribution in [0.15, 0.2) is 42.5 Å². The van der Waals surface area contributed by atoms with Crippen molar-refractivity contribution in [3.63, 3.8) is 0 Å². The molecule has 0 aromatic heterocycles. The average Bonchev–Trinajstić information content (AvgIpc) is 2.65. The fraction of sp³-hybridized carbons (Fsp3) is 0.278. The van der Waals surface area contributed by atoms with E-state index in [0.717, 1.165) is 22.7 Å². The molecule has 7 nitrogen and oxygen atoms in total. The topological polar surface area (TPSA) is 84.9 Å². The molecule has 2 rings (SSSR count). The zero-order valence-corrected chi connectivity index (χ0v) is 16.9. The Hall–Kier alpha value is -2.52. The number of benzene rings is 2. The smallest absolute Gasteiger partial charge is 0.240 e. The number of nitrogens with zero attached hydrogens (tertiary/aromatic N) is 1. The lowest BCUT2D eigenvalue weighted by Gasteiger charge is -2.22. The van der Waals surface area contributed by atoms with Gasteiger partial charge in [0.25, 0.3) is 0 Å². The molecule has 1 amide bonds. The lowest BCUT2D eigenvalue weighted by molar-refractivity contribution is -0.119. The maximum absolute atomic E-state index is 13.3. The van der Waals surface area contributed by atoms with Crippen LogP contribution in [0.4, 0.5) is 10.1 Å². The molecule has 0 bridgehead atoms. The lowest BCUT2D eigenvalue weighted by Crippen LogP contribution is -2.41. The number of methoxy groups -OCH3 is 1. The van der Waals surface area contributed by atoms with Crippen LogP contribution in [0.25, 0.3) is 0 Å². The minimum atomic E-state index is -3.78. The van der Waals surface area contributed by atoms with E-state index < -0.39 is 28.3 Å². The fourth-order valence-corrected chi connectivity index (χ4v) is 3.30. The van der Waals surface area contributed by atoms with Gasteiger partial charge in [-0.1, -0.05) is 17.7 Å². The Labute approximate surface area is 168 Å². The van der Waals surface area contributed by atoms with Crippen molar-refractivity contribution in [2.75, 3.05) is 37.4 Å². The van der Waals surface area contributed by atoms with E-state index in [-0.39, 0.29) is 23.9 Å². The SMILES string of the molecule is COc1cccc(OCCNC(=O)CN(c2ccc(F)c(Cl)c2)S(C)(=O)=O)c1. The van der Waals surface area contributed by atoms with Gasteiger partial charge in [0.2, 0.25) is 15.9 Å². The van der Waals surface area contributed by atoms with E-state index >= 15 is 0 Å². The fourth-order valence-electron chi connectivity index (χ4n) is 2.28. The number of halogens is 2. The highest BCUT2D eigenvalue weighted by Crippen LogP contribution is 2.24. The van der Waals surface area contributed by atoms with Crippen molar-refractivity contribution < 1.29 is 27.1 Å². The van der Waals surface area contributed by atoms with Crippen LogP contribution in [0.2, 0.25) is 5.02 Å². The van der Waals surface area contributed by atoms with Gasteiger partial charge in [-0.2, -0.15) is 0 Å². The molecule has 2 aromatic rings. The number of rotatable bonds is 9. The normalized spacial score (nSPS) is 11.0. The van der Waals surface area contributed by atoms with Crippen molar-refractivity contribution in [1.29, 1.82) is 0 Å². The Morgan fingerprint density at radius 1 is 1.21 bits per heavy atom. The maximum atomic E-state index is 13.3. The van der Waals surface area contributed by atoms with Crippen molar-refractivity contribution >= 4 is 33.2 Å². The van der Waals surface area contributed by atoms with Crippen LogP contribution in [0.5, 0.6) is 11.5 Å². The van der Waals surface area contributed by atoms with Crippen LogP contribution in [-0.2, 0) is 14.8 Å². The molecule has 0 heterocycles. The second kappa shape index (κ2) is 9.61. The van der Waals surface area contributed by atoms with Gasteiger partial charge >= 0.3 is 0 Å². The van der Waals surface area contributed by atoms with Gasteiger partial charge in [0, 0.05) is 6.07 Å². The van der Waals surface area contributed by atoms with Gasteiger partial charge in [-0.25, -0.2) is 12.8 Å². The van der Waals surface area contributed by atoms with Gasteiger partial charge in [-0.05, 0) is 30.3 Å². The first-order valence-electron chi connectivity index (χ1n) is 8.17. The molecule has 0 saturated heterocycles. The molecule has 0 radical (unpaired) electrons. The van der Waals surface area contributed by atoms with Crippen molar-refractivity contribution in [2.24, 2.45) is 0 Å². The Morgan fingerprint density at radius 3 is 2.57 bits per heavy atom. The monoisotopic (exact) mass is 430 g/mol. The van der Waals surface area contributed by atoms with E-state index in [1.54, 1.807) is 31.4 Å². The summed E-state index contributed by atoms with van der Waals surface area (Å²) in [5, 5.41) is 2.33. The number of hydrogen-bond donors (Lipinski definition) is 1. The molecular weight excluding hydrogens is 411 g/mol. The van der Waals surface area contributed by atoms with E-state index in [2.05, 4.69) is 5.32 Å². The first kappa shape index (κ1) is 21.8. The Bertz CT molecular complexity index is 939. The van der Waals surface area contributed by atoms with E-state index in [1.165, 1.54) is 6.07 Å². The molecule has 0 spiro atoms. The summed E-state index contributed by atoms with van der Waals surface area (Å²) in [4.78, 5) is 12.1.